The number of nitrogens with one attached hydrogen (secondary N) is 1. The minimum absolute atomic E-state index is 0.195. The van der Waals surface area contributed by atoms with Gasteiger partial charge in [-0.25, -0.2) is 0 Å². The van der Waals surface area contributed by atoms with Crippen molar-refractivity contribution in [3.05, 3.63) is 77.5 Å². The van der Waals surface area contributed by atoms with Crippen LogP contribution in [0.5, 0.6) is 0 Å². The van der Waals surface area contributed by atoms with Gasteiger partial charge in [0.2, 0.25) is 5.27 Å². The summed E-state index contributed by atoms with van der Waals surface area (Å²) in [6.07, 6.45) is 5.01. The summed E-state index contributed by atoms with van der Waals surface area (Å²) in [6.45, 7) is 4.45. The van der Waals surface area contributed by atoms with Crippen molar-refractivity contribution in [2.75, 3.05) is 10.3 Å². The normalized spacial score (nSPS) is 18.9. The summed E-state index contributed by atoms with van der Waals surface area (Å²) in [5.41, 5.74) is 2.73. The number of benzene rings is 2. The van der Waals surface area contributed by atoms with Gasteiger partial charge in [0.1, 0.15) is 0 Å². The van der Waals surface area contributed by atoms with Crippen molar-refractivity contribution in [1.29, 1.82) is 0 Å². The van der Waals surface area contributed by atoms with Crippen LogP contribution < -0.4 is 15.1 Å². The van der Waals surface area contributed by atoms with Gasteiger partial charge in [-0.2, -0.15) is 0 Å². The average molecular weight is 406 g/mol. The lowest BCUT2D eigenvalue weighted by Gasteiger charge is -2.32. The molecule has 6 nitrogen and oxygen atoms in total. The second-order valence-electron chi connectivity index (χ2n) is 8.05. The maximum absolute atomic E-state index is 12.7. The number of nitrogens with zero attached hydrogens (tertiary/aromatic N) is 3. The van der Waals surface area contributed by atoms with Gasteiger partial charge < -0.3 is 0 Å². The van der Waals surface area contributed by atoms with Gasteiger partial charge in [-0.05, 0) is 57.2 Å². The van der Waals surface area contributed by atoms with Gasteiger partial charge in [-0.15, -0.1) is 5.01 Å². The van der Waals surface area contributed by atoms with E-state index in [1.165, 1.54) is 12.0 Å². The highest BCUT2D eigenvalue weighted by Crippen LogP contribution is 2.21. The molecule has 156 valence electrons. The van der Waals surface area contributed by atoms with Crippen LogP contribution in [-0.2, 0) is 12.8 Å². The third-order valence-corrected chi connectivity index (χ3v) is 5.84. The van der Waals surface area contributed by atoms with Crippen LogP contribution in [-0.4, -0.2) is 23.3 Å². The molecule has 1 fully saturated rings. The molecule has 6 heteroatoms. The van der Waals surface area contributed by atoms with E-state index in [0.29, 0.717) is 30.0 Å². The third kappa shape index (κ3) is 4.37. The molecule has 2 unspecified atom stereocenters. The molecule has 2 heterocycles. The Morgan fingerprint density at radius 2 is 1.67 bits per heavy atom. The van der Waals surface area contributed by atoms with Crippen LogP contribution in [0.25, 0.3) is 0 Å². The monoisotopic (exact) mass is 405 g/mol. The Balaban J connectivity index is 1.63. The van der Waals surface area contributed by atoms with Crippen LogP contribution in [0.2, 0.25) is 0 Å². The Morgan fingerprint density at radius 3 is 2.33 bits per heavy atom. The molecule has 1 saturated heterocycles. The fraction of sp³-hybridized carbons (Fsp3) is 0.375. The zero-order valence-electron chi connectivity index (χ0n) is 17.6. The molecule has 3 aromatic rings. The van der Waals surface area contributed by atoms with E-state index < -0.39 is 0 Å². The minimum Gasteiger partial charge on any atom is -0.284 e. The molecular weight excluding hydrogens is 376 g/mol. The maximum atomic E-state index is 12.7. The summed E-state index contributed by atoms with van der Waals surface area (Å²) in [6, 6.07) is 20.2. The topological polar surface area (TPSA) is 62.3 Å². The van der Waals surface area contributed by atoms with E-state index in [2.05, 4.69) is 41.6 Å². The van der Waals surface area contributed by atoms with Crippen molar-refractivity contribution in [2.24, 2.45) is 0 Å². The van der Waals surface area contributed by atoms with Crippen molar-refractivity contribution in [2.45, 2.75) is 58.0 Å². The predicted octanol–water partition coefficient (Wildman–Crippen LogP) is 3.90. The Hall–Kier alpha value is -3.15. The van der Waals surface area contributed by atoms with Crippen LogP contribution in [0.1, 0.15) is 54.7 Å². The van der Waals surface area contributed by atoms with Crippen LogP contribution in [0, 0.1) is 0 Å². The van der Waals surface area contributed by atoms with Crippen LogP contribution in [0.15, 0.2) is 65.2 Å². The number of hydrogen-bond acceptors (Lipinski definition) is 4. The number of amides is 1. The number of aromatic nitrogens is 2. The Kier molecular flexibility index (Phi) is 6.12. The van der Waals surface area contributed by atoms with Gasteiger partial charge in [-0.3, -0.25) is 14.6 Å². The highest BCUT2D eigenvalue weighted by molar-refractivity contribution is 6.03. The summed E-state index contributed by atoms with van der Waals surface area (Å²) >= 11 is 0. The van der Waals surface area contributed by atoms with Crippen LogP contribution >= 0.6 is 0 Å². The van der Waals surface area contributed by atoms with Crippen molar-refractivity contribution >= 4 is 11.8 Å². The van der Waals surface area contributed by atoms with Crippen LogP contribution in [0.4, 0.5) is 5.88 Å². The molecule has 1 aliphatic rings. The molecule has 1 aliphatic heterocycles. The molecule has 0 bridgehead atoms. The van der Waals surface area contributed by atoms with Crippen molar-refractivity contribution in [1.82, 2.24) is 5.27 Å². The summed E-state index contributed by atoms with van der Waals surface area (Å²) in [7, 11) is 0. The van der Waals surface area contributed by atoms with E-state index in [0.717, 1.165) is 25.0 Å². The summed E-state index contributed by atoms with van der Waals surface area (Å²) < 4.78 is 5.67. The standard InChI is InChI=1S/C24H28N4O2/c1-18-10-9-11-19(2)27(18)28-22(17-16-20-12-5-3-6-13-20)24(30-26-28)25-23(29)21-14-7-4-8-15-21/h3-8,12-15,18-19H,9-11,16-17H2,1-2H3/p+1. The Morgan fingerprint density at radius 1 is 1.03 bits per heavy atom. The van der Waals surface area contributed by atoms with E-state index in [-0.39, 0.29) is 5.91 Å². The van der Waals surface area contributed by atoms with E-state index in [4.69, 9.17) is 4.52 Å². The number of piperidine rings is 1. The molecule has 1 aromatic heterocycles. The maximum Gasteiger partial charge on any atom is 0.309 e. The molecule has 2 atom stereocenters. The number of carbonyl (C=O) groups excluding carboxylic acids is 1. The molecule has 0 spiro atoms. The van der Waals surface area contributed by atoms with E-state index >= 15 is 0 Å². The molecule has 2 aromatic carbocycles. The zero-order valence-corrected chi connectivity index (χ0v) is 17.6. The van der Waals surface area contributed by atoms with Gasteiger partial charge in [0.25, 0.3) is 5.91 Å². The quantitative estimate of drug-likeness (QED) is 0.632. The molecule has 1 N–H and O–H groups in total. The van der Waals surface area contributed by atoms with E-state index in [1.54, 1.807) is 12.1 Å². The largest absolute Gasteiger partial charge is 0.309 e. The summed E-state index contributed by atoms with van der Waals surface area (Å²) in [4.78, 5) is 14.6. The highest BCUT2D eigenvalue weighted by Gasteiger charge is 2.38. The molecule has 0 radical (unpaired) electrons. The second-order valence-corrected chi connectivity index (χ2v) is 8.05. The molecule has 4 rings (SSSR count). The number of anilines is 1. The number of rotatable bonds is 6. The molecule has 1 amide bonds. The predicted molar refractivity (Wildman–Crippen MR) is 116 cm³/mol. The number of hydrogen-bond donors (Lipinski definition) is 1. The van der Waals surface area contributed by atoms with E-state index in [1.807, 2.05) is 41.2 Å². The zero-order chi connectivity index (χ0) is 20.9. The Labute approximate surface area is 177 Å². The first-order valence-corrected chi connectivity index (χ1v) is 10.7. The van der Waals surface area contributed by atoms with Crippen LogP contribution in [0.3, 0.4) is 0 Å². The van der Waals surface area contributed by atoms with Gasteiger partial charge in [0.05, 0.1) is 16.9 Å². The number of aryl methyl sites for hydroxylation is 1. The van der Waals surface area contributed by atoms with Gasteiger partial charge in [0.15, 0.2) is 0 Å². The van der Waals surface area contributed by atoms with Gasteiger partial charge in [0, 0.05) is 12.0 Å². The molecule has 0 saturated carbocycles. The third-order valence-electron chi connectivity index (χ3n) is 5.84. The first-order valence-electron chi connectivity index (χ1n) is 10.7. The van der Waals surface area contributed by atoms with Crippen molar-refractivity contribution in [3.63, 3.8) is 0 Å². The fourth-order valence-electron chi connectivity index (χ4n) is 4.22. The summed E-state index contributed by atoms with van der Waals surface area (Å²) in [5.74, 6) is 0.226. The Bertz CT molecular complexity index is 961. The lowest BCUT2D eigenvalue weighted by molar-refractivity contribution is -0.771. The average Bonchev–Trinajstić information content (AvgIpc) is 3.15. The fourth-order valence-corrected chi connectivity index (χ4v) is 4.22. The molecule has 30 heavy (non-hydrogen) atoms. The summed E-state index contributed by atoms with van der Waals surface area (Å²) in [5, 5.41) is 9.57. The molecule has 0 aliphatic carbocycles. The first-order chi connectivity index (χ1) is 14.6. The van der Waals surface area contributed by atoms with E-state index in [9.17, 15) is 4.79 Å². The van der Waals surface area contributed by atoms with Crippen molar-refractivity contribution < 1.29 is 14.1 Å². The molecular formula is C24H29N4O2+. The minimum atomic E-state index is -0.195. The van der Waals surface area contributed by atoms with Crippen molar-refractivity contribution in [3.8, 4) is 0 Å². The lowest BCUT2D eigenvalue weighted by Crippen LogP contribution is -2.69. The highest BCUT2D eigenvalue weighted by atomic mass is 16.5. The lowest BCUT2D eigenvalue weighted by atomic mass is 10.00. The SMILES string of the molecule is CC1CCCC(C)N1[n+]1noc(NC(=O)c2ccccc2)c1CCc1ccccc1. The van der Waals surface area contributed by atoms with Gasteiger partial charge >= 0.3 is 11.6 Å². The first kappa shape index (κ1) is 20.1. The second kappa shape index (κ2) is 9.11. The smallest absolute Gasteiger partial charge is 0.284 e. The number of carbonyl (C=O) groups is 1. The van der Waals surface area contributed by atoms with Gasteiger partial charge in [-0.1, -0.05) is 48.5 Å².